The van der Waals surface area contributed by atoms with Crippen molar-refractivity contribution >= 4 is 33.7 Å². The highest BCUT2D eigenvalue weighted by atomic mass is 28.3. The molecule has 0 bridgehead atoms. The molecule has 1 amide bonds. The highest BCUT2D eigenvalue weighted by molar-refractivity contribution is 6.76. The van der Waals surface area contributed by atoms with Gasteiger partial charge in [-0.15, -0.1) is 0 Å². The fourth-order valence-corrected chi connectivity index (χ4v) is 7.89. The van der Waals surface area contributed by atoms with Gasteiger partial charge in [0.2, 0.25) is 0 Å². The molecule has 0 radical (unpaired) electrons. The number of carbonyl (C=O) groups excluding carboxylic acids is 1. The third kappa shape index (κ3) is 10.9. The number of aromatic nitrogens is 4. The number of rotatable bonds is 16. The smallest absolute Gasteiger partial charge is 0.410 e. The van der Waals surface area contributed by atoms with Gasteiger partial charge in [-0.2, -0.15) is 9.61 Å². The van der Waals surface area contributed by atoms with E-state index >= 15 is 0 Å². The van der Waals surface area contributed by atoms with E-state index in [2.05, 4.69) is 74.5 Å². The zero-order chi connectivity index (χ0) is 38.1. The molecule has 0 aliphatic carbocycles. The third-order valence-electron chi connectivity index (χ3n) is 9.80. The van der Waals surface area contributed by atoms with E-state index in [0.29, 0.717) is 39.8 Å². The SMILES string of the molecule is C[Si](C)(C)CCOCN(COCC[Si](C)(C)C)c1cc(C2CCN(C(=O)OCc3ccccc3)CC2)nc2c(-c3ccc(-c4ccccc4)nc3)cnn12. The van der Waals surface area contributed by atoms with Crippen molar-refractivity contribution in [3.8, 4) is 22.4 Å². The van der Waals surface area contributed by atoms with Crippen molar-refractivity contribution in [1.82, 2.24) is 24.5 Å². The van der Waals surface area contributed by atoms with Gasteiger partial charge >= 0.3 is 6.09 Å². The van der Waals surface area contributed by atoms with E-state index in [9.17, 15) is 4.79 Å². The van der Waals surface area contributed by atoms with Gasteiger partial charge in [0, 0.05) is 83.0 Å². The molecule has 1 saturated heterocycles. The quantitative estimate of drug-likeness (QED) is 0.0558. The first-order chi connectivity index (χ1) is 25.9. The van der Waals surface area contributed by atoms with Crippen LogP contribution in [0.3, 0.4) is 0 Å². The highest BCUT2D eigenvalue weighted by Crippen LogP contribution is 2.34. The highest BCUT2D eigenvalue weighted by Gasteiger charge is 2.28. The zero-order valence-electron chi connectivity index (χ0n) is 32.8. The minimum atomic E-state index is -1.27. The van der Waals surface area contributed by atoms with Gasteiger partial charge < -0.3 is 24.0 Å². The van der Waals surface area contributed by atoms with Crippen molar-refractivity contribution in [3.63, 3.8) is 0 Å². The molecule has 54 heavy (non-hydrogen) atoms. The van der Waals surface area contributed by atoms with E-state index in [0.717, 1.165) is 70.0 Å². The molecule has 1 fully saturated rings. The number of ether oxygens (including phenoxy) is 3. The molecule has 0 spiro atoms. The standard InChI is InChI=1S/C42H56N6O4Si2/c1-53(2,3)25-23-50-31-47(32-51-24-26-54(4,5)6)40-27-39(35-19-21-46(22-20-35)42(49)52-30-33-13-9-7-10-14-33)45-41-37(29-44-48(40)41)36-17-18-38(43-28-36)34-15-11-8-12-16-34/h7-18,27-29,35H,19-26,30-32H2,1-6H3. The second-order valence-corrected chi connectivity index (χ2v) is 27.9. The van der Waals surface area contributed by atoms with E-state index in [-0.39, 0.29) is 18.6 Å². The Morgan fingerprint density at radius 1 is 0.796 bits per heavy atom. The Labute approximate surface area is 322 Å². The van der Waals surface area contributed by atoms with Gasteiger partial charge in [-0.1, -0.05) is 106 Å². The van der Waals surface area contributed by atoms with Crippen LogP contribution < -0.4 is 4.90 Å². The summed E-state index contributed by atoms with van der Waals surface area (Å²) in [5, 5.41) is 4.92. The topological polar surface area (TPSA) is 94.3 Å². The largest absolute Gasteiger partial charge is 0.445 e. The molecule has 3 aromatic heterocycles. The third-order valence-corrected chi connectivity index (χ3v) is 13.2. The number of benzene rings is 2. The van der Waals surface area contributed by atoms with Crippen LogP contribution in [-0.4, -0.2) is 86.5 Å². The first-order valence-electron chi connectivity index (χ1n) is 19.2. The monoisotopic (exact) mass is 764 g/mol. The normalized spacial score (nSPS) is 14.1. The predicted octanol–water partition coefficient (Wildman–Crippen LogP) is 9.41. The Morgan fingerprint density at radius 3 is 2.02 bits per heavy atom. The number of pyridine rings is 1. The molecule has 12 heteroatoms. The second kappa shape index (κ2) is 17.8. The molecule has 1 aliphatic rings. The summed E-state index contributed by atoms with van der Waals surface area (Å²) < 4.78 is 20.3. The molecule has 0 atom stereocenters. The van der Waals surface area contributed by atoms with Gasteiger partial charge in [-0.05, 0) is 36.6 Å². The van der Waals surface area contributed by atoms with Gasteiger partial charge in [0.05, 0.1) is 11.9 Å². The van der Waals surface area contributed by atoms with Gasteiger partial charge in [-0.25, -0.2) is 9.78 Å². The number of piperidine rings is 1. The second-order valence-electron chi connectivity index (χ2n) is 16.7. The van der Waals surface area contributed by atoms with Crippen LogP contribution in [0.15, 0.2) is 91.3 Å². The summed E-state index contributed by atoms with van der Waals surface area (Å²) in [6, 6.07) is 28.5. The number of anilines is 1. The summed E-state index contributed by atoms with van der Waals surface area (Å²) in [5.41, 5.74) is 6.55. The van der Waals surface area contributed by atoms with Gasteiger partial charge in [0.25, 0.3) is 0 Å². The molecule has 0 unspecified atom stereocenters. The number of nitrogens with zero attached hydrogens (tertiary/aromatic N) is 6. The summed E-state index contributed by atoms with van der Waals surface area (Å²) in [6.07, 6.45) is 5.07. The van der Waals surface area contributed by atoms with Crippen molar-refractivity contribution < 1.29 is 19.0 Å². The fraction of sp³-hybridized carbons (Fsp3) is 0.429. The van der Waals surface area contributed by atoms with Crippen molar-refractivity contribution in [2.24, 2.45) is 0 Å². The first kappa shape index (κ1) is 39.3. The summed E-state index contributed by atoms with van der Waals surface area (Å²) in [4.78, 5) is 27.1. The maximum absolute atomic E-state index is 13.0. The van der Waals surface area contributed by atoms with E-state index in [1.165, 1.54) is 0 Å². The molecule has 2 aromatic carbocycles. The van der Waals surface area contributed by atoms with Crippen LogP contribution in [0.5, 0.6) is 0 Å². The number of carbonyl (C=O) groups is 1. The van der Waals surface area contributed by atoms with Crippen molar-refractivity contribution in [1.29, 1.82) is 0 Å². The fourth-order valence-electron chi connectivity index (χ4n) is 6.38. The van der Waals surface area contributed by atoms with E-state index in [4.69, 9.17) is 29.3 Å². The zero-order valence-corrected chi connectivity index (χ0v) is 34.8. The van der Waals surface area contributed by atoms with Crippen LogP contribution in [0.4, 0.5) is 10.6 Å². The molecule has 6 rings (SSSR count). The Morgan fingerprint density at radius 2 is 1.43 bits per heavy atom. The molecular weight excluding hydrogens is 709 g/mol. The average Bonchev–Trinajstić information content (AvgIpc) is 3.60. The number of hydrogen-bond donors (Lipinski definition) is 0. The lowest BCUT2D eigenvalue weighted by molar-refractivity contribution is 0.0867. The van der Waals surface area contributed by atoms with Crippen LogP contribution in [-0.2, 0) is 20.8 Å². The minimum absolute atomic E-state index is 0.149. The van der Waals surface area contributed by atoms with Crippen LogP contribution in [0.25, 0.3) is 28.0 Å². The van der Waals surface area contributed by atoms with Crippen LogP contribution in [0.1, 0.15) is 30.0 Å². The first-order valence-corrected chi connectivity index (χ1v) is 26.6. The molecule has 286 valence electrons. The lowest BCUT2D eigenvalue weighted by Crippen LogP contribution is -2.38. The number of likely N-dealkylation sites (tertiary alicyclic amines) is 1. The lowest BCUT2D eigenvalue weighted by atomic mass is 9.93. The summed E-state index contributed by atoms with van der Waals surface area (Å²) in [6.45, 7) is 17.8. The van der Waals surface area contributed by atoms with Crippen molar-refractivity contribution in [3.05, 3.63) is 103 Å². The maximum Gasteiger partial charge on any atom is 0.410 e. The molecule has 4 heterocycles. The Hall–Kier alpha value is -4.37. The predicted molar refractivity (Wildman–Crippen MR) is 222 cm³/mol. The molecular formula is C42H56N6O4Si2. The maximum atomic E-state index is 13.0. The van der Waals surface area contributed by atoms with Crippen molar-refractivity contribution in [2.45, 2.75) is 76.7 Å². The Balaban J connectivity index is 1.29. The minimum Gasteiger partial charge on any atom is -0.445 e. The number of amides is 1. The van der Waals surface area contributed by atoms with Gasteiger partial charge in [0.15, 0.2) is 5.65 Å². The van der Waals surface area contributed by atoms with Crippen LogP contribution >= 0.6 is 0 Å². The Kier molecular flexibility index (Phi) is 13.0. The van der Waals surface area contributed by atoms with E-state index in [1.807, 2.05) is 70.3 Å². The molecule has 0 N–H and O–H groups in total. The average molecular weight is 765 g/mol. The molecule has 10 nitrogen and oxygen atoms in total. The Bertz CT molecular complexity index is 1920. The van der Waals surface area contributed by atoms with Gasteiger partial charge in [-0.3, -0.25) is 4.98 Å². The lowest BCUT2D eigenvalue weighted by Gasteiger charge is -2.32. The summed E-state index contributed by atoms with van der Waals surface area (Å²) in [5.74, 6) is 1.02. The summed E-state index contributed by atoms with van der Waals surface area (Å²) >= 11 is 0. The molecule has 5 aromatic rings. The molecule has 1 aliphatic heterocycles. The van der Waals surface area contributed by atoms with Crippen molar-refractivity contribution in [2.75, 3.05) is 44.7 Å². The van der Waals surface area contributed by atoms with Gasteiger partial charge in [0.1, 0.15) is 25.9 Å². The van der Waals surface area contributed by atoms with Crippen LogP contribution in [0, 0.1) is 0 Å². The number of fused-ring (bicyclic) bond motifs is 1. The molecule has 0 saturated carbocycles. The van der Waals surface area contributed by atoms with E-state index < -0.39 is 16.1 Å². The summed E-state index contributed by atoms with van der Waals surface area (Å²) in [7, 11) is -2.55. The van der Waals surface area contributed by atoms with E-state index in [1.54, 1.807) is 0 Å². The van der Waals surface area contributed by atoms with Crippen LogP contribution in [0.2, 0.25) is 51.4 Å². The number of hydrogen-bond acceptors (Lipinski definition) is 8.